The van der Waals surface area contributed by atoms with Crippen LogP contribution in [0.4, 0.5) is 11.8 Å². The molecule has 0 amide bonds. The quantitative estimate of drug-likeness (QED) is 0.430. The summed E-state index contributed by atoms with van der Waals surface area (Å²) in [6.45, 7) is 0.271. The van der Waals surface area contributed by atoms with E-state index in [9.17, 15) is 9.67 Å². The molecule has 0 bridgehead atoms. The van der Waals surface area contributed by atoms with Gasteiger partial charge in [-0.15, -0.1) is 0 Å². The lowest BCUT2D eigenvalue weighted by atomic mass is 10.3. The van der Waals surface area contributed by atoms with E-state index >= 15 is 0 Å². The second-order valence-electron chi connectivity index (χ2n) is 4.37. The fourth-order valence-electron chi connectivity index (χ4n) is 1.80. The molecule has 1 atom stereocenters. The molecule has 0 radical (unpaired) electrons. The van der Waals surface area contributed by atoms with Crippen molar-refractivity contribution in [1.29, 1.82) is 0 Å². The Kier molecular flexibility index (Phi) is 3.91. The third-order valence-corrected chi connectivity index (χ3v) is 3.56. The van der Waals surface area contributed by atoms with Crippen LogP contribution >= 0.6 is 7.60 Å². The van der Waals surface area contributed by atoms with Crippen LogP contribution in [0.5, 0.6) is 0 Å². The zero-order valence-corrected chi connectivity index (χ0v) is 11.3. The molecule has 10 nitrogen and oxygen atoms in total. The monoisotopic (exact) mass is 302 g/mol. The van der Waals surface area contributed by atoms with E-state index in [4.69, 9.17) is 21.3 Å². The first-order valence-electron chi connectivity index (χ1n) is 5.73. The van der Waals surface area contributed by atoms with Gasteiger partial charge in [-0.05, 0) is 6.42 Å². The van der Waals surface area contributed by atoms with Crippen LogP contribution in [-0.2, 0) is 11.1 Å². The number of aryl methyl sites for hydroxylation is 1. The molecule has 7 N–H and O–H groups in total. The van der Waals surface area contributed by atoms with Gasteiger partial charge in [0.2, 0.25) is 5.95 Å². The minimum atomic E-state index is -4.23. The number of imidazole rings is 1. The van der Waals surface area contributed by atoms with E-state index in [-0.39, 0.29) is 24.7 Å². The van der Waals surface area contributed by atoms with Crippen LogP contribution in [0.3, 0.4) is 0 Å². The number of nitrogens with two attached hydrogens (primary N) is 2. The summed E-state index contributed by atoms with van der Waals surface area (Å²) in [5.74, 6) is 0.162. The van der Waals surface area contributed by atoms with Crippen LogP contribution < -0.4 is 11.5 Å². The van der Waals surface area contributed by atoms with Gasteiger partial charge in [-0.3, -0.25) is 4.57 Å². The van der Waals surface area contributed by atoms with E-state index in [0.29, 0.717) is 11.2 Å². The van der Waals surface area contributed by atoms with Crippen LogP contribution in [0.25, 0.3) is 11.2 Å². The van der Waals surface area contributed by atoms with E-state index in [1.54, 1.807) is 4.57 Å². The second kappa shape index (κ2) is 5.33. The van der Waals surface area contributed by atoms with Crippen molar-refractivity contribution in [1.82, 2.24) is 19.5 Å². The summed E-state index contributed by atoms with van der Waals surface area (Å²) >= 11 is 0. The van der Waals surface area contributed by atoms with Gasteiger partial charge in [-0.1, -0.05) is 0 Å². The lowest BCUT2D eigenvalue weighted by Gasteiger charge is -2.12. The number of aliphatic hydroxyl groups excluding tert-OH is 1. The molecule has 2 aromatic rings. The molecule has 0 fully saturated rings. The highest BCUT2D eigenvalue weighted by atomic mass is 31.2. The maximum absolute atomic E-state index is 10.8. The van der Waals surface area contributed by atoms with Crippen molar-refractivity contribution in [2.24, 2.45) is 0 Å². The van der Waals surface area contributed by atoms with Gasteiger partial charge in [0, 0.05) is 6.54 Å². The van der Waals surface area contributed by atoms with Crippen molar-refractivity contribution in [2.75, 3.05) is 17.6 Å². The first-order chi connectivity index (χ1) is 9.26. The Morgan fingerprint density at radius 1 is 1.35 bits per heavy atom. The number of rotatable bonds is 5. The van der Waals surface area contributed by atoms with Gasteiger partial charge in [0.1, 0.15) is 5.52 Å². The molecule has 110 valence electrons. The molecule has 0 saturated heterocycles. The number of anilines is 2. The number of nitrogen functional groups attached to an aromatic ring is 2. The minimum absolute atomic E-state index is 0.00696. The fraction of sp³-hybridized carbons (Fsp3) is 0.444. The van der Waals surface area contributed by atoms with Crippen LogP contribution in [-0.4, -0.2) is 46.7 Å². The zero-order valence-electron chi connectivity index (χ0n) is 10.4. The smallest absolute Gasteiger partial charge is 0.328 e. The van der Waals surface area contributed by atoms with E-state index in [1.807, 2.05) is 0 Å². The molecular weight excluding hydrogens is 287 g/mol. The molecule has 0 saturated carbocycles. The molecule has 0 aliphatic carbocycles. The highest BCUT2D eigenvalue weighted by Gasteiger charge is 2.20. The van der Waals surface area contributed by atoms with Crippen LogP contribution in [0, 0.1) is 0 Å². The summed E-state index contributed by atoms with van der Waals surface area (Å²) in [6, 6.07) is 0. The molecule has 2 heterocycles. The summed E-state index contributed by atoms with van der Waals surface area (Å²) in [4.78, 5) is 29.3. The number of nitrogens with zero attached hydrogens (tertiary/aromatic N) is 4. The molecule has 11 heteroatoms. The normalized spacial score (nSPS) is 13.8. The Hall–Kier alpha value is -1.74. The van der Waals surface area contributed by atoms with Crippen LogP contribution in [0.2, 0.25) is 0 Å². The molecule has 0 aromatic carbocycles. The molecule has 2 aromatic heterocycles. The van der Waals surface area contributed by atoms with Gasteiger partial charge >= 0.3 is 7.60 Å². The number of fused-ring (bicyclic) bond motifs is 1. The van der Waals surface area contributed by atoms with Gasteiger partial charge in [-0.25, -0.2) is 4.98 Å². The summed E-state index contributed by atoms with van der Waals surface area (Å²) in [5, 5.41) is 9.56. The molecule has 0 aliphatic rings. The molecule has 0 spiro atoms. The lowest BCUT2D eigenvalue weighted by molar-refractivity contribution is 0.173. The molecule has 0 unspecified atom stereocenters. The highest BCUT2D eigenvalue weighted by Crippen LogP contribution is 2.35. The maximum Gasteiger partial charge on any atom is 0.328 e. The van der Waals surface area contributed by atoms with Crippen molar-refractivity contribution in [3.8, 4) is 0 Å². The average molecular weight is 302 g/mol. The number of aliphatic hydroxyl groups is 1. The lowest BCUT2D eigenvalue weighted by Crippen LogP contribution is -2.16. The Morgan fingerprint density at radius 2 is 2.05 bits per heavy atom. The fourth-order valence-corrected chi connectivity index (χ4v) is 2.53. The molecule has 2 rings (SSSR count). The number of hydrogen-bond donors (Lipinski definition) is 5. The van der Waals surface area contributed by atoms with E-state index in [0.717, 1.165) is 0 Å². The van der Waals surface area contributed by atoms with Gasteiger partial charge in [0.05, 0.1) is 18.6 Å². The van der Waals surface area contributed by atoms with Gasteiger partial charge in [0.25, 0.3) is 0 Å². The summed E-state index contributed by atoms with van der Waals surface area (Å²) in [5.41, 5.74) is 12.0. The Morgan fingerprint density at radius 3 is 2.70 bits per heavy atom. The number of hydrogen-bond acceptors (Lipinski definition) is 7. The molecular formula is C9H15N6O4P. The highest BCUT2D eigenvalue weighted by molar-refractivity contribution is 7.51. The van der Waals surface area contributed by atoms with Crippen molar-refractivity contribution in [3.63, 3.8) is 0 Å². The van der Waals surface area contributed by atoms with E-state index < -0.39 is 19.9 Å². The minimum Gasteiger partial charge on any atom is -0.392 e. The Labute approximate surface area is 113 Å². The largest absolute Gasteiger partial charge is 0.392 e. The third-order valence-electron chi connectivity index (χ3n) is 2.66. The second-order valence-corrected chi connectivity index (χ2v) is 6.06. The number of aromatic nitrogens is 4. The van der Waals surface area contributed by atoms with Crippen molar-refractivity contribution in [3.05, 3.63) is 6.33 Å². The summed E-state index contributed by atoms with van der Waals surface area (Å²) in [7, 11) is -4.23. The topological polar surface area (TPSA) is 173 Å². The maximum atomic E-state index is 10.8. The standard InChI is InChI=1S/C9H15N6O4P/c10-7-6-8(14-9(11)13-7)15(4-12-6)2-1-5(16)3-20(17,18)19/h4-5,16H,1-3H2,(H2,17,18,19)(H4,10,11,13,14)/t5-/m1/s1. The van der Waals surface area contributed by atoms with Crippen molar-refractivity contribution < 1.29 is 19.5 Å². The van der Waals surface area contributed by atoms with Crippen LogP contribution in [0.15, 0.2) is 6.33 Å². The summed E-state index contributed by atoms with van der Waals surface area (Å²) < 4.78 is 12.4. The van der Waals surface area contributed by atoms with E-state index in [2.05, 4.69) is 15.0 Å². The third kappa shape index (κ3) is 3.42. The van der Waals surface area contributed by atoms with Crippen molar-refractivity contribution in [2.45, 2.75) is 19.1 Å². The Bertz CT molecular complexity index is 668. The molecule has 0 aliphatic heterocycles. The van der Waals surface area contributed by atoms with Gasteiger partial charge in [0.15, 0.2) is 11.5 Å². The predicted octanol–water partition coefficient (Wildman–Crippen LogP) is -1.08. The predicted molar refractivity (Wildman–Crippen MR) is 71.7 cm³/mol. The summed E-state index contributed by atoms with van der Waals surface area (Å²) in [6.07, 6.45) is -0.108. The van der Waals surface area contributed by atoms with Gasteiger partial charge in [-0.2, -0.15) is 9.97 Å². The average Bonchev–Trinajstić information content (AvgIpc) is 2.67. The SMILES string of the molecule is Nc1nc(N)c2ncn(CC[C@@H](O)CP(=O)(O)O)c2n1. The first-order valence-corrected chi connectivity index (χ1v) is 7.52. The van der Waals surface area contributed by atoms with Gasteiger partial charge < -0.3 is 30.9 Å². The van der Waals surface area contributed by atoms with Crippen LogP contribution in [0.1, 0.15) is 6.42 Å². The van der Waals surface area contributed by atoms with Crippen molar-refractivity contribution >= 4 is 30.5 Å². The zero-order chi connectivity index (χ0) is 14.9. The Balaban J connectivity index is 2.13. The first kappa shape index (κ1) is 14.7. The van der Waals surface area contributed by atoms with E-state index in [1.165, 1.54) is 6.33 Å². The molecule has 20 heavy (non-hydrogen) atoms.